The standard InChI is InChI=1S/C30H31FN4O4/c1-17(2)24-15-26(38-33-24)27(18(3)4)29(37)35-16-21(36)14-25(35)28-32-30(5,39-34-28)20-12-10-19(11-13-20)22-8-6-7-9-23(22)31/h6-13,15,18,25,27H,1,14,16H2,2-5H3,(H,32,34)/t25-,27+,30?/m0/s1. The summed E-state index contributed by atoms with van der Waals surface area (Å²) in [5, 5.41) is 4.03. The summed E-state index contributed by atoms with van der Waals surface area (Å²) < 4.78 is 19.8. The molecule has 0 saturated carbocycles. The molecule has 202 valence electrons. The van der Waals surface area contributed by atoms with E-state index < -0.39 is 17.7 Å². The number of ketones is 1. The molecule has 8 nitrogen and oxygen atoms in total. The van der Waals surface area contributed by atoms with Crippen LogP contribution in [0.2, 0.25) is 0 Å². The topological polar surface area (TPSA) is 97.0 Å². The molecule has 5 rings (SSSR count). The number of hydrogen-bond acceptors (Lipinski definition) is 7. The number of aromatic nitrogens is 1. The van der Waals surface area contributed by atoms with Gasteiger partial charge in [0.15, 0.2) is 5.78 Å². The molecule has 9 heteroatoms. The van der Waals surface area contributed by atoms with Crippen molar-refractivity contribution in [2.75, 3.05) is 6.54 Å². The molecule has 2 aromatic carbocycles. The first-order valence-electron chi connectivity index (χ1n) is 12.9. The lowest BCUT2D eigenvalue weighted by Gasteiger charge is -2.28. The number of benzene rings is 2. The van der Waals surface area contributed by atoms with Crippen molar-refractivity contribution in [3.8, 4) is 11.1 Å². The molecule has 0 spiro atoms. The fourth-order valence-electron chi connectivity index (χ4n) is 5.06. The Bertz CT molecular complexity index is 1460. The second-order valence-electron chi connectivity index (χ2n) is 10.6. The number of hydrogen-bond donors (Lipinski definition) is 1. The number of amides is 1. The van der Waals surface area contributed by atoms with Crippen LogP contribution in [0.5, 0.6) is 0 Å². The van der Waals surface area contributed by atoms with Gasteiger partial charge in [0.2, 0.25) is 11.6 Å². The summed E-state index contributed by atoms with van der Waals surface area (Å²) in [5.74, 6) is -0.499. The van der Waals surface area contributed by atoms with Gasteiger partial charge in [-0.25, -0.2) is 19.7 Å². The van der Waals surface area contributed by atoms with Crippen LogP contribution in [0.15, 0.2) is 70.7 Å². The second kappa shape index (κ2) is 10.2. The number of rotatable bonds is 7. The Morgan fingerprint density at radius 3 is 2.56 bits per heavy atom. The van der Waals surface area contributed by atoms with E-state index >= 15 is 0 Å². The second-order valence-corrected chi connectivity index (χ2v) is 10.6. The smallest absolute Gasteiger partial charge is 0.234 e. The lowest BCUT2D eigenvalue weighted by atomic mass is 9.91. The van der Waals surface area contributed by atoms with Gasteiger partial charge >= 0.3 is 0 Å². The minimum atomic E-state index is -1.10. The highest BCUT2D eigenvalue weighted by Gasteiger charge is 2.45. The number of Topliss-reactive ketones (excluding diaryl/α,β-unsaturated/α-hetero) is 1. The molecule has 0 aliphatic carbocycles. The first kappa shape index (κ1) is 26.5. The van der Waals surface area contributed by atoms with Gasteiger partial charge in [-0.05, 0) is 37.0 Å². The monoisotopic (exact) mass is 530 g/mol. The fraction of sp³-hybridized carbons (Fsp3) is 0.333. The fourth-order valence-corrected chi connectivity index (χ4v) is 5.06. The van der Waals surface area contributed by atoms with Gasteiger partial charge in [-0.1, -0.05) is 68.0 Å². The Morgan fingerprint density at radius 1 is 1.21 bits per heavy atom. The highest BCUT2D eigenvalue weighted by Crippen LogP contribution is 2.35. The first-order valence-corrected chi connectivity index (χ1v) is 12.9. The Morgan fingerprint density at radius 2 is 1.92 bits per heavy atom. The van der Waals surface area contributed by atoms with Gasteiger partial charge in [-0.3, -0.25) is 9.59 Å². The van der Waals surface area contributed by atoms with Crippen molar-refractivity contribution in [3.63, 3.8) is 0 Å². The van der Waals surface area contributed by atoms with Gasteiger partial charge in [-0.2, -0.15) is 0 Å². The number of carbonyl (C=O) groups excluding carboxylic acids is 2. The zero-order valence-electron chi connectivity index (χ0n) is 22.4. The van der Waals surface area contributed by atoms with Crippen LogP contribution in [0.3, 0.4) is 0 Å². The summed E-state index contributed by atoms with van der Waals surface area (Å²) in [6.07, 6.45) is 0.126. The van der Waals surface area contributed by atoms with E-state index in [9.17, 15) is 14.0 Å². The molecule has 1 aromatic heterocycles. The number of halogens is 1. The average molecular weight is 531 g/mol. The molecule has 2 aliphatic rings. The maximum Gasteiger partial charge on any atom is 0.234 e. The lowest BCUT2D eigenvalue weighted by molar-refractivity contribution is -0.135. The van der Waals surface area contributed by atoms with Crippen molar-refractivity contribution in [2.45, 2.75) is 51.8 Å². The van der Waals surface area contributed by atoms with Crippen LogP contribution in [0.25, 0.3) is 16.7 Å². The van der Waals surface area contributed by atoms with Gasteiger partial charge in [0, 0.05) is 23.6 Å². The van der Waals surface area contributed by atoms with Crippen LogP contribution >= 0.6 is 0 Å². The minimum Gasteiger partial charge on any atom is -0.360 e. The Hall–Kier alpha value is -4.11. The van der Waals surface area contributed by atoms with Crippen LogP contribution in [0.4, 0.5) is 4.39 Å². The van der Waals surface area contributed by atoms with Gasteiger partial charge in [0.1, 0.15) is 29.0 Å². The number of hydroxylamine groups is 1. The SMILES string of the molecule is C=C(C)c1cc([C@H](C(=O)N2CC(=O)C[C@H]2C2=NC(C)(c3ccc(-c4ccccc4F)cc3)ON2)C(C)C)on1. The summed E-state index contributed by atoms with van der Waals surface area (Å²) >= 11 is 0. The van der Waals surface area contributed by atoms with Crippen molar-refractivity contribution < 1.29 is 23.3 Å². The number of likely N-dealkylation sites (tertiary alicyclic amines) is 1. The van der Waals surface area contributed by atoms with Crippen molar-refractivity contribution in [1.29, 1.82) is 0 Å². The molecule has 1 N–H and O–H groups in total. The molecule has 3 heterocycles. The summed E-state index contributed by atoms with van der Waals surface area (Å²) in [4.78, 5) is 38.6. The van der Waals surface area contributed by atoms with Crippen molar-refractivity contribution in [2.24, 2.45) is 10.9 Å². The van der Waals surface area contributed by atoms with Crippen molar-refractivity contribution in [1.82, 2.24) is 15.5 Å². The molecule has 3 aromatic rings. The van der Waals surface area contributed by atoms with E-state index in [1.165, 1.54) is 11.0 Å². The molecular weight excluding hydrogens is 499 g/mol. The molecule has 2 aliphatic heterocycles. The van der Waals surface area contributed by atoms with E-state index in [0.717, 1.165) is 16.7 Å². The van der Waals surface area contributed by atoms with Crippen molar-refractivity contribution in [3.05, 3.63) is 84.0 Å². The highest BCUT2D eigenvalue weighted by molar-refractivity contribution is 6.02. The molecule has 0 bridgehead atoms. The first-order chi connectivity index (χ1) is 18.6. The molecule has 1 amide bonds. The Kier molecular flexibility index (Phi) is 6.94. The third-order valence-electron chi connectivity index (χ3n) is 7.24. The maximum atomic E-state index is 14.2. The molecule has 3 atom stereocenters. The Balaban J connectivity index is 1.40. The number of allylic oxidation sites excluding steroid dienone is 1. The average Bonchev–Trinajstić information content (AvgIpc) is 3.63. The molecule has 1 fully saturated rings. The highest BCUT2D eigenvalue weighted by atomic mass is 19.1. The van der Waals surface area contributed by atoms with Gasteiger partial charge in [-0.15, -0.1) is 0 Å². The predicted molar refractivity (Wildman–Crippen MR) is 145 cm³/mol. The lowest BCUT2D eigenvalue weighted by Crippen LogP contribution is -2.46. The van der Waals surface area contributed by atoms with Crippen LogP contribution in [0.1, 0.15) is 57.1 Å². The summed E-state index contributed by atoms with van der Waals surface area (Å²) in [6, 6.07) is 15.0. The quantitative estimate of drug-likeness (QED) is 0.449. The number of nitrogens with zero attached hydrogens (tertiary/aromatic N) is 3. The predicted octanol–water partition coefficient (Wildman–Crippen LogP) is 5.23. The van der Waals surface area contributed by atoms with Crippen LogP contribution < -0.4 is 5.48 Å². The Labute approximate surface area is 226 Å². The van der Waals surface area contributed by atoms with Crippen LogP contribution in [0, 0.1) is 11.7 Å². The van der Waals surface area contributed by atoms with Crippen LogP contribution in [-0.2, 0) is 20.2 Å². The van der Waals surface area contributed by atoms with Gasteiger partial charge in [0.25, 0.3) is 0 Å². The van der Waals surface area contributed by atoms with Crippen molar-refractivity contribution >= 4 is 23.1 Å². The number of carbonyl (C=O) groups is 2. The molecule has 39 heavy (non-hydrogen) atoms. The molecule has 1 unspecified atom stereocenters. The third-order valence-corrected chi connectivity index (χ3v) is 7.24. The largest absolute Gasteiger partial charge is 0.360 e. The van der Waals surface area contributed by atoms with E-state index in [2.05, 4.69) is 17.2 Å². The minimum absolute atomic E-state index is 0.0248. The molecular formula is C30H31FN4O4. The third kappa shape index (κ3) is 5.02. The zero-order chi connectivity index (χ0) is 27.9. The molecule has 0 radical (unpaired) electrons. The van der Waals surface area contributed by atoms with E-state index in [-0.39, 0.29) is 36.4 Å². The number of amidine groups is 1. The number of aliphatic imine (C=N–C) groups is 1. The summed E-state index contributed by atoms with van der Waals surface area (Å²) in [5.41, 5.74) is 5.07. The normalized spacial score (nSPS) is 21.7. The van der Waals surface area contributed by atoms with Gasteiger partial charge in [0.05, 0.1) is 12.6 Å². The number of nitrogens with one attached hydrogen (secondary N) is 1. The maximum absolute atomic E-state index is 14.2. The zero-order valence-corrected chi connectivity index (χ0v) is 22.4. The summed E-state index contributed by atoms with van der Waals surface area (Å²) in [7, 11) is 0. The van der Waals surface area contributed by atoms with E-state index in [1.807, 2.05) is 45.0 Å². The van der Waals surface area contributed by atoms with Gasteiger partial charge < -0.3 is 9.42 Å². The van der Waals surface area contributed by atoms with E-state index in [1.54, 1.807) is 31.2 Å². The van der Waals surface area contributed by atoms with E-state index in [0.29, 0.717) is 22.9 Å². The van der Waals surface area contributed by atoms with E-state index in [4.69, 9.17) is 14.4 Å². The molecule has 1 saturated heterocycles. The van der Waals surface area contributed by atoms with Crippen LogP contribution in [-0.4, -0.2) is 40.2 Å². The summed E-state index contributed by atoms with van der Waals surface area (Å²) in [6.45, 7) is 11.3.